The topological polar surface area (TPSA) is 80.9 Å². The molecular weight excluding hydrogens is 246 g/mol. The first kappa shape index (κ1) is 13.6. The third-order valence-corrected chi connectivity index (χ3v) is 1.90. The van der Waals surface area contributed by atoms with Gasteiger partial charge in [0.2, 0.25) is 0 Å². The van der Waals surface area contributed by atoms with Crippen LogP contribution in [0.15, 0.2) is 36.4 Å². The van der Waals surface area contributed by atoms with E-state index in [9.17, 15) is 8.78 Å². The third kappa shape index (κ3) is 3.51. The standard InChI is InChI=1S/2C6H5FO2/c7-4-1-2-5(8)6(9)3-4;7-4-2-1-3-5(8)6(4)9/h2*1-3,8-9H. The highest BCUT2D eigenvalue weighted by Crippen LogP contribution is 2.26. The number of benzene rings is 2. The van der Waals surface area contributed by atoms with Gasteiger partial charge in [0, 0.05) is 6.07 Å². The van der Waals surface area contributed by atoms with Crippen LogP contribution in [0, 0.1) is 11.6 Å². The van der Waals surface area contributed by atoms with Crippen molar-refractivity contribution in [2.75, 3.05) is 0 Å². The fraction of sp³-hybridized carbons (Fsp3) is 0. The summed E-state index contributed by atoms with van der Waals surface area (Å²) in [4.78, 5) is 0. The predicted molar refractivity (Wildman–Crippen MR) is 59.5 cm³/mol. The summed E-state index contributed by atoms with van der Waals surface area (Å²) in [6.45, 7) is 0. The van der Waals surface area contributed by atoms with E-state index in [1.807, 2.05) is 0 Å². The fourth-order valence-electron chi connectivity index (χ4n) is 1.00. The van der Waals surface area contributed by atoms with Gasteiger partial charge in [-0.2, -0.15) is 0 Å². The lowest BCUT2D eigenvalue weighted by atomic mass is 10.3. The molecule has 4 N–H and O–H groups in total. The van der Waals surface area contributed by atoms with Crippen molar-refractivity contribution in [3.05, 3.63) is 48.0 Å². The van der Waals surface area contributed by atoms with Gasteiger partial charge in [0.1, 0.15) is 5.82 Å². The van der Waals surface area contributed by atoms with E-state index >= 15 is 0 Å². The number of hydrogen-bond acceptors (Lipinski definition) is 4. The molecule has 0 saturated heterocycles. The maximum Gasteiger partial charge on any atom is 0.194 e. The van der Waals surface area contributed by atoms with Crippen LogP contribution in [0.3, 0.4) is 0 Å². The monoisotopic (exact) mass is 256 g/mol. The van der Waals surface area contributed by atoms with Crippen molar-refractivity contribution in [2.24, 2.45) is 0 Å². The molecule has 0 aliphatic heterocycles. The van der Waals surface area contributed by atoms with Gasteiger partial charge < -0.3 is 20.4 Å². The number of rotatable bonds is 0. The Morgan fingerprint density at radius 1 is 0.722 bits per heavy atom. The van der Waals surface area contributed by atoms with Gasteiger partial charge in [0.25, 0.3) is 0 Å². The highest BCUT2D eigenvalue weighted by molar-refractivity contribution is 5.38. The van der Waals surface area contributed by atoms with Gasteiger partial charge in [0.05, 0.1) is 0 Å². The molecule has 18 heavy (non-hydrogen) atoms. The molecule has 0 spiro atoms. The molecule has 96 valence electrons. The summed E-state index contributed by atoms with van der Waals surface area (Å²) >= 11 is 0. The maximum atomic E-state index is 12.2. The maximum absolute atomic E-state index is 12.2. The average Bonchev–Trinajstić information content (AvgIpc) is 2.32. The van der Waals surface area contributed by atoms with Crippen molar-refractivity contribution in [3.8, 4) is 23.0 Å². The molecule has 2 rings (SSSR count). The number of phenolic OH excluding ortho intramolecular Hbond substituents is 4. The SMILES string of the molecule is Oc1ccc(F)cc1O.Oc1cccc(F)c1O. The van der Waals surface area contributed by atoms with E-state index in [1.165, 1.54) is 12.1 Å². The van der Waals surface area contributed by atoms with Gasteiger partial charge in [0.15, 0.2) is 28.8 Å². The van der Waals surface area contributed by atoms with Crippen LogP contribution < -0.4 is 0 Å². The molecular formula is C12H10F2O4. The average molecular weight is 256 g/mol. The Bertz CT molecular complexity index is 523. The zero-order valence-corrected chi connectivity index (χ0v) is 9.01. The van der Waals surface area contributed by atoms with E-state index in [0.717, 1.165) is 24.3 Å². The molecule has 0 aliphatic carbocycles. The van der Waals surface area contributed by atoms with Crippen LogP contribution in [0.2, 0.25) is 0 Å². The number of para-hydroxylation sites is 1. The molecule has 0 atom stereocenters. The number of halogens is 2. The second kappa shape index (κ2) is 5.72. The van der Waals surface area contributed by atoms with Crippen LogP contribution in [0.4, 0.5) is 8.78 Å². The lowest BCUT2D eigenvalue weighted by molar-refractivity contribution is 0.379. The third-order valence-electron chi connectivity index (χ3n) is 1.90. The van der Waals surface area contributed by atoms with Crippen LogP contribution in [0.25, 0.3) is 0 Å². The Morgan fingerprint density at radius 3 is 1.83 bits per heavy atom. The second-order valence-electron chi connectivity index (χ2n) is 3.24. The molecule has 0 heterocycles. The summed E-state index contributed by atoms with van der Waals surface area (Å²) < 4.78 is 24.2. The minimum absolute atomic E-state index is 0.309. The van der Waals surface area contributed by atoms with Crippen molar-refractivity contribution in [2.45, 2.75) is 0 Å². The van der Waals surface area contributed by atoms with E-state index in [4.69, 9.17) is 20.4 Å². The zero-order valence-electron chi connectivity index (χ0n) is 9.01. The molecule has 2 aromatic rings. The van der Waals surface area contributed by atoms with Crippen molar-refractivity contribution in [3.63, 3.8) is 0 Å². The number of hydrogen-bond donors (Lipinski definition) is 4. The zero-order chi connectivity index (χ0) is 13.7. The number of phenols is 4. The van der Waals surface area contributed by atoms with E-state index in [-0.39, 0.29) is 5.75 Å². The quantitative estimate of drug-likeness (QED) is 0.546. The molecule has 6 heteroatoms. The van der Waals surface area contributed by atoms with E-state index in [0.29, 0.717) is 0 Å². The summed E-state index contributed by atoms with van der Waals surface area (Å²) in [6.07, 6.45) is 0. The predicted octanol–water partition coefficient (Wildman–Crippen LogP) is 2.47. The molecule has 0 fully saturated rings. The summed E-state index contributed by atoms with van der Waals surface area (Å²) in [5, 5.41) is 34.4. The van der Waals surface area contributed by atoms with Gasteiger partial charge >= 0.3 is 0 Å². The van der Waals surface area contributed by atoms with Gasteiger partial charge in [-0.1, -0.05) is 6.07 Å². The molecule has 0 radical (unpaired) electrons. The lowest BCUT2D eigenvalue weighted by Crippen LogP contribution is -1.73. The smallest absolute Gasteiger partial charge is 0.194 e. The molecule has 4 nitrogen and oxygen atoms in total. The fourth-order valence-corrected chi connectivity index (χ4v) is 1.00. The van der Waals surface area contributed by atoms with Crippen molar-refractivity contribution in [1.29, 1.82) is 0 Å². The van der Waals surface area contributed by atoms with Crippen LogP contribution >= 0.6 is 0 Å². The van der Waals surface area contributed by atoms with Crippen LogP contribution in [0.1, 0.15) is 0 Å². The van der Waals surface area contributed by atoms with Crippen LogP contribution in [-0.4, -0.2) is 20.4 Å². The molecule has 0 aliphatic rings. The summed E-state index contributed by atoms with van der Waals surface area (Å²) in [5.41, 5.74) is 0. The molecule has 0 unspecified atom stereocenters. The van der Waals surface area contributed by atoms with Crippen molar-refractivity contribution >= 4 is 0 Å². The first-order valence-corrected chi connectivity index (χ1v) is 4.75. The first-order valence-electron chi connectivity index (χ1n) is 4.75. The Morgan fingerprint density at radius 2 is 1.39 bits per heavy atom. The Balaban J connectivity index is 0.000000180. The molecule has 0 aromatic heterocycles. The van der Waals surface area contributed by atoms with Gasteiger partial charge in [-0.05, 0) is 24.3 Å². The van der Waals surface area contributed by atoms with Gasteiger partial charge in [-0.25, -0.2) is 8.78 Å². The van der Waals surface area contributed by atoms with E-state index in [1.54, 1.807) is 0 Å². The van der Waals surface area contributed by atoms with Crippen molar-refractivity contribution < 1.29 is 29.2 Å². The number of aromatic hydroxyl groups is 4. The highest BCUT2D eigenvalue weighted by Gasteiger charge is 2.02. The van der Waals surface area contributed by atoms with E-state index < -0.39 is 28.9 Å². The Kier molecular flexibility index (Phi) is 4.31. The summed E-state index contributed by atoms with van der Waals surface area (Å²) in [7, 11) is 0. The lowest BCUT2D eigenvalue weighted by Gasteiger charge is -1.94. The highest BCUT2D eigenvalue weighted by atomic mass is 19.1. The van der Waals surface area contributed by atoms with Gasteiger partial charge in [-0.15, -0.1) is 0 Å². The summed E-state index contributed by atoms with van der Waals surface area (Å²) in [6, 6.07) is 6.58. The van der Waals surface area contributed by atoms with E-state index in [2.05, 4.69) is 0 Å². The minimum atomic E-state index is -0.810. The summed E-state index contributed by atoms with van der Waals surface area (Å²) in [5.74, 6) is -3.25. The largest absolute Gasteiger partial charge is 0.504 e. The second-order valence-corrected chi connectivity index (χ2v) is 3.24. The van der Waals surface area contributed by atoms with Crippen molar-refractivity contribution in [1.82, 2.24) is 0 Å². The molecule has 2 aromatic carbocycles. The van der Waals surface area contributed by atoms with Crippen LogP contribution in [-0.2, 0) is 0 Å². The normalized spacial score (nSPS) is 9.44. The Labute approximate surface area is 101 Å². The molecule has 0 bridgehead atoms. The Hall–Kier alpha value is -2.50. The molecule has 0 amide bonds. The minimum Gasteiger partial charge on any atom is -0.504 e. The molecule has 0 saturated carbocycles. The van der Waals surface area contributed by atoms with Crippen LogP contribution in [0.5, 0.6) is 23.0 Å². The van der Waals surface area contributed by atoms with Gasteiger partial charge in [-0.3, -0.25) is 0 Å². The first-order chi connectivity index (χ1) is 8.41.